The lowest BCUT2D eigenvalue weighted by Gasteiger charge is -2.33. The third-order valence-corrected chi connectivity index (χ3v) is 4.88. The van der Waals surface area contributed by atoms with E-state index in [-0.39, 0.29) is 18.4 Å². The molecule has 1 aromatic rings. The average molecular weight is 352 g/mol. The number of hydrogen-bond donors (Lipinski definition) is 0. The summed E-state index contributed by atoms with van der Waals surface area (Å²) < 4.78 is 31.5. The van der Waals surface area contributed by atoms with Crippen LogP contribution in [0.4, 0.5) is 13.6 Å². The Morgan fingerprint density at radius 1 is 1.28 bits per heavy atom. The van der Waals surface area contributed by atoms with Crippen LogP contribution in [0.5, 0.6) is 0 Å². The van der Waals surface area contributed by atoms with Gasteiger partial charge in [-0.15, -0.1) is 0 Å². The summed E-state index contributed by atoms with van der Waals surface area (Å²) >= 11 is 0. The van der Waals surface area contributed by atoms with Crippen LogP contribution >= 0.6 is 0 Å². The third-order valence-electron chi connectivity index (χ3n) is 4.88. The van der Waals surface area contributed by atoms with Crippen LogP contribution in [-0.4, -0.2) is 54.6 Å². The highest BCUT2D eigenvalue weighted by Gasteiger charge is 2.29. The molecule has 3 rings (SSSR count). The Morgan fingerprint density at radius 3 is 2.84 bits per heavy atom. The zero-order valence-electron chi connectivity index (χ0n) is 14.0. The molecule has 5 nitrogen and oxygen atoms in total. The SMILES string of the molecule is O=C(CN1CCOC1=O)N1CCC[C@H](CCc2ccc(F)cc2F)C1. The minimum absolute atomic E-state index is 0.0537. The molecule has 136 valence electrons. The largest absolute Gasteiger partial charge is 0.448 e. The molecule has 0 radical (unpaired) electrons. The Kier molecular flexibility index (Phi) is 5.50. The number of hydrogen-bond acceptors (Lipinski definition) is 3. The van der Waals surface area contributed by atoms with E-state index in [4.69, 9.17) is 4.74 Å². The van der Waals surface area contributed by atoms with Gasteiger partial charge in [0.15, 0.2) is 0 Å². The Hall–Kier alpha value is -2.18. The molecule has 7 heteroatoms. The van der Waals surface area contributed by atoms with Crippen molar-refractivity contribution in [3.8, 4) is 0 Å². The van der Waals surface area contributed by atoms with E-state index in [1.165, 1.54) is 17.0 Å². The first-order valence-electron chi connectivity index (χ1n) is 8.66. The van der Waals surface area contributed by atoms with Crippen molar-refractivity contribution in [1.29, 1.82) is 0 Å². The van der Waals surface area contributed by atoms with Gasteiger partial charge >= 0.3 is 6.09 Å². The Morgan fingerprint density at radius 2 is 2.12 bits per heavy atom. The van der Waals surface area contributed by atoms with E-state index in [0.717, 1.165) is 25.3 Å². The Bertz CT molecular complexity index is 653. The molecule has 2 saturated heterocycles. The van der Waals surface area contributed by atoms with Crippen LogP contribution in [-0.2, 0) is 16.0 Å². The molecule has 0 unspecified atom stereocenters. The second kappa shape index (κ2) is 7.80. The van der Waals surface area contributed by atoms with Gasteiger partial charge in [-0.1, -0.05) is 6.07 Å². The number of cyclic esters (lactones) is 1. The molecule has 2 heterocycles. The molecule has 0 N–H and O–H groups in total. The van der Waals surface area contributed by atoms with Gasteiger partial charge < -0.3 is 9.64 Å². The first kappa shape index (κ1) is 17.6. The van der Waals surface area contributed by atoms with Crippen LogP contribution in [0.2, 0.25) is 0 Å². The van der Waals surface area contributed by atoms with E-state index >= 15 is 0 Å². The average Bonchev–Trinajstić information content (AvgIpc) is 2.99. The summed E-state index contributed by atoms with van der Waals surface area (Å²) in [5.41, 5.74) is 0.504. The van der Waals surface area contributed by atoms with Crippen LogP contribution in [0.25, 0.3) is 0 Å². The molecule has 1 aromatic carbocycles. The molecule has 0 bridgehead atoms. The Labute approximate surface area is 145 Å². The van der Waals surface area contributed by atoms with Crippen molar-refractivity contribution < 1.29 is 23.1 Å². The molecule has 2 aliphatic heterocycles. The van der Waals surface area contributed by atoms with Crippen molar-refractivity contribution in [1.82, 2.24) is 9.80 Å². The van der Waals surface area contributed by atoms with Gasteiger partial charge in [0.25, 0.3) is 0 Å². The molecule has 2 amide bonds. The van der Waals surface area contributed by atoms with Crippen molar-refractivity contribution in [2.45, 2.75) is 25.7 Å². The molecule has 0 aromatic heterocycles. The van der Waals surface area contributed by atoms with Crippen molar-refractivity contribution in [3.05, 3.63) is 35.4 Å². The number of rotatable bonds is 5. The maximum atomic E-state index is 13.7. The second-order valence-corrected chi connectivity index (χ2v) is 6.66. The second-order valence-electron chi connectivity index (χ2n) is 6.66. The maximum absolute atomic E-state index is 13.7. The quantitative estimate of drug-likeness (QED) is 0.818. The molecule has 2 aliphatic rings. The number of piperidine rings is 1. The monoisotopic (exact) mass is 352 g/mol. The number of halogens is 2. The lowest BCUT2D eigenvalue weighted by molar-refractivity contribution is -0.133. The summed E-state index contributed by atoms with van der Waals surface area (Å²) in [6, 6.07) is 3.65. The highest BCUT2D eigenvalue weighted by atomic mass is 19.1. The number of aryl methyl sites for hydroxylation is 1. The number of amides is 2. The number of benzene rings is 1. The van der Waals surface area contributed by atoms with Gasteiger partial charge in [-0.2, -0.15) is 0 Å². The molecular weight excluding hydrogens is 330 g/mol. The number of carbonyl (C=O) groups is 2. The Balaban J connectivity index is 1.50. The smallest absolute Gasteiger partial charge is 0.410 e. The summed E-state index contributed by atoms with van der Waals surface area (Å²) in [4.78, 5) is 27.0. The number of likely N-dealkylation sites (tertiary alicyclic amines) is 1. The van der Waals surface area contributed by atoms with Crippen LogP contribution in [0.15, 0.2) is 18.2 Å². The number of nitrogens with zero attached hydrogens (tertiary/aromatic N) is 2. The van der Waals surface area contributed by atoms with Gasteiger partial charge in [0.2, 0.25) is 5.91 Å². The van der Waals surface area contributed by atoms with Gasteiger partial charge in [0.05, 0.1) is 6.54 Å². The summed E-state index contributed by atoms with van der Waals surface area (Å²) in [6.45, 7) is 2.13. The predicted molar refractivity (Wildman–Crippen MR) is 86.9 cm³/mol. The van der Waals surface area contributed by atoms with Gasteiger partial charge in [0, 0.05) is 19.2 Å². The van der Waals surface area contributed by atoms with Gasteiger partial charge in [0.1, 0.15) is 24.8 Å². The third kappa shape index (κ3) is 4.46. The van der Waals surface area contributed by atoms with E-state index in [2.05, 4.69) is 0 Å². The van der Waals surface area contributed by atoms with E-state index in [1.54, 1.807) is 4.90 Å². The zero-order valence-corrected chi connectivity index (χ0v) is 14.0. The van der Waals surface area contributed by atoms with Crippen molar-refractivity contribution >= 4 is 12.0 Å². The fourth-order valence-electron chi connectivity index (χ4n) is 3.44. The standard InChI is InChI=1S/C18H22F2N2O3/c19-15-6-5-14(16(20)10-15)4-3-13-2-1-7-21(11-13)17(23)12-22-8-9-25-18(22)24/h5-6,10,13H,1-4,7-9,11-12H2/t13-/m1/s1. The summed E-state index contributed by atoms with van der Waals surface area (Å²) in [5, 5.41) is 0. The van der Waals surface area contributed by atoms with Gasteiger partial charge in [-0.05, 0) is 43.2 Å². The zero-order chi connectivity index (χ0) is 17.8. The first-order chi connectivity index (χ1) is 12.0. The van der Waals surface area contributed by atoms with Gasteiger partial charge in [-0.25, -0.2) is 13.6 Å². The summed E-state index contributed by atoms with van der Waals surface area (Å²) in [6.07, 6.45) is 2.72. The molecule has 0 spiro atoms. The van der Waals surface area contributed by atoms with Crippen molar-refractivity contribution in [2.75, 3.05) is 32.8 Å². The van der Waals surface area contributed by atoms with E-state index in [0.29, 0.717) is 38.2 Å². The highest BCUT2D eigenvalue weighted by molar-refractivity contribution is 5.83. The number of ether oxygens (including phenoxy) is 1. The topological polar surface area (TPSA) is 49.9 Å². The highest BCUT2D eigenvalue weighted by Crippen LogP contribution is 2.23. The molecular formula is C18H22F2N2O3. The van der Waals surface area contributed by atoms with Crippen LogP contribution in [0.1, 0.15) is 24.8 Å². The minimum atomic E-state index is -0.573. The maximum Gasteiger partial charge on any atom is 0.410 e. The molecule has 1 atom stereocenters. The van der Waals surface area contributed by atoms with Gasteiger partial charge in [-0.3, -0.25) is 9.69 Å². The van der Waals surface area contributed by atoms with Crippen molar-refractivity contribution in [2.24, 2.45) is 5.92 Å². The lowest BCUT2D eigenvalue weighted by atomic mass is 9.91. The van der Waals surface area contributed by atoms with E-state index in [9.17, 15) is 18.4 Å². The molecule has 0 saturated carbocycles. The lowest BCUT2D eigenvalue weighted by Crippen LogP contribution is -2.45. The fourth-order valence-corrected chi connectivity index (χ4v) is 3.44. The summed E-state index contributed by atoms with van der Waals surface area (Å²) in [7, 11) is 0. The van der Waals surface area contributed by atoms with E-state index in [1.807, 2.05) is 0 Å². The van der Waals surface area contributed by atoms with E-state index < -0.39 is 17.7 Å². The van der Waals surface area contributed by atoms with Crippen LogP contribution in [0.3, 0.4) is 0 Å². The van der Waals surface area contributed by atoms with Crippen LogP contribution in [0, 0.1) is 17.6 Å². The molecule has 0 aliphatic carbocycles. The van der Waals surface area contributed by atoms with Crippen LogP contribution < -0.4 is 0 Å². The normalized spacial score (nSPS) is 20.7. The minimum Gasteiger partial charge on any atom is -0.448 e. The fraction of sp³-hybridized carbons (Fsp3) is 0.556. The summed E-state index contributed by atoms with van der Waals surface area (Å²) in [5.74, 6) is -0.878. The predicted octanol–water partition coefficient (Wildman–Crippen LogP) is 2.59. The number of carbonyl (C=O) groups excluding carboxylic acids is 2. The first-order valence-corrected chi connectivity index (χ1v) is 8.66. The molecule has 25 heavy (non-hydrogen) atoms. The van der Waals surface area contributed by atoms with Crippen molar-refractivity contribution in [3.63, 3.8) is 0 Å². The molecule has 2 fully saturated rings.